The number of hydrogen-bond acceptors (Lipinski definition) is 5. The second kappa shape index (κ2) is 7.51. The van der Waals surface area contributed by atoms with E-state index in [1.165, 1.54) is 11.0 Å². The maximum atomic E-state index is 12.0. The topological polar surface area (TPSA) is 56.8 Å². The van der Waals surface area contributed by atoms with E-state index in [9.17, 15) is 4.79 Å². The third-order valence-electron chi connectivity index (χ3n) is 3.65. The quantitative estimate of drug-likeness (QED) is 0.816. The molecule has 5 nitrogen and oxygen atoms in total. The zero-order chi connectivity index (χ0) is 16.9. The highest BCUT2D eigenvalue weighted by molar-refractivity contribution is 7.12. The summed E-state index contributed by atoms with van der Waals surface area (Å²) in [7, 11) is 1.65. The maximum absolute atomic E-state index is 12.0. The third-order valence-corrected chi connectivity index (χ3v) is 4.74. The van der Waals surface area contributed by atoms with Crippen molar-refractivity contribution in [3.8, 4) is 11.5 Å². The minimum absolute atomic E-state index is 0.133. The van der Waals surface area contributed by atoms with Crippen LogP contribution in [0.25, 0.3) is 6.08 Å². The Morgan fingerprint density at radius 2 is 2.17 bits per heavy atom. The Labute approximate surface area is 144 Å². The average Bonchev–Trinajstić information content (AvgIpc) is 3.22. The molecule has 1 amide bonds. The fraction of sp³-hybridized carbons (Fsp3) is 0.278. The normalized spacial score (nSPS) is 14.1. The monoisotopic (exact) mass is 345 g/mol. The number of benzene rings is 1. The lowest BCUT2D eigenvalue weighted by Crippen LogP contribution is -2.27. The molecule has 2 aromatic rings. The molecule has 1 aliphatic heterocycles. The number of amides is 1. The van der Waals surface area contributed by atoms with Crippen LogP contribution in [0.1, 0.15) is 21.4 Å². The van der Waals surface area contributed by atoms with E-state index in [1.807, 2.05) is 37.3 Å². The Hall–Kier alpha value is -2.31. The molecule has 3 rings (SSSR count). The molecule has 1 aromatic carbocycles. The number of carbonyl (C=O) groups excluding carboxylic acids is 1. The summed E-state index contributed by atoms with van der Waals surface area (Å²) in [4.78, 5) is 14.3. The Morgan fingerprint density at radius 1 is 1.33 bits per heavy atom. The van der Waals surface area contributed by atoms with Crippen LogP contribution in [-0.2, 0) is 9.53 Å². The first-order valence-electron chi connectivity index (χ1n) is 7.60. The van der Waals surface area contributed by atoms with Crippen molar-refractivity contribution in [2.75, 3.05) is 20.4 Å². The number of methoxy groups -OCH3 is 1. The largest absolute Gasteiger partial charge is 0.454 e. The van der Waals surface area contributed by atoms with Crippen LogP contribution in [0.2, 0.25) is 0 Å². The highest BCUT2D eigenvalue weighted by atomic mass is 32.1. The van der Waals surface area contributed by atoms with Gasteiger partial charge < -0.3 is 19.5 Å². The molecule has 1 atom stereocenters. The van der Waals surface area contributed by atoms with Gasteiger partial charge in [0.25, 0.3) is 0 Å². The summed E-state index contributed by atoms with van der Waals surface area (Å²) >= 11 is 1.67. The number of ether oxygens (including phenoxy) is 3. The van der Waals surface area contributed by atoms with Crippen LogP contribution in [0.4, 0.5) is 0 Å². The van der Waals surface area contributed by atoms with Crippen LogP contribution in [0.5, 0.6) is 11.5 Å². The smallest absolute Gasteiger partial charge is 0.244 e. The molecule has 0 bridgehead atoms. The number of nitrogens with one attached hydrogen (secondary N) is 1. The molecule has 0 saturated heterocycles. The lowest BCUT2D eigenvalue weighted by Gasteiger charge is -2.13. The number of rotatable bonds is 6. The van der Waals surface area contributed by atoms with E-state index in [-0.39, 0.29) is 18.8 Å². The van der Waals surface area contributed by atoms with Gasteiger partial charge in [-0.25, -0.2) is 0 Å². The third kappa shape index (κ3) is 3.96. The summed E-state index contributed by atoms with van der Waals surface area (Å²) in [6.45, 7) is 2.72. The highest BCUT2D eigenvalue weighted by Crippen LogP contribution is 2.32. The summed E-state index contributed by atoms with van der Waals surface area (Å²) in [5, 5.41) is 2.86. The fourth-order valence-electron chi connectivity index (χ4n) is 2.37. The van der Waals surface area contributed by atoms with E-state index in [4.69, 9.17) is 14.2 Å². The van der Waals surface area contributed by atoms with Gasteiger partial charge in [0, 0.05) is 29.5 Å². The average molecular weight is 345 g/mol. The van der Waals surface area contributed by atoms with Crippen molar-refractivity contribution in [2.24, 2.45) is 0 Å². The molecule has 0 fully saturated rings. The van der Waals surface area contributed by atoms with Gasteiger partial charge in [-0.1, -0.05) is 6.07 Å². The second-order valence-electron chi connectivity index (χ2n) is 5.36. The number of hydrogen-bond donors (Lipinski definition) is 1. The molecule has 24 heavy (non-hydrogen) atoms. The lowest BCUT2D eigenvalue weighted by molar-refractivity contribution is -0.117. The van der Waals surface area contributed by atoms with Crippen molar-refractivity contribution in [2.45, 2.75) is 13.0 Å². The van der Waals surface area contributed by atoms with Gasteiger partial charge in [-0.15, -0.1) is 11.3 Å². The van der Waals surface area contributed by atoms with Gasteiger partial charge in [-0.05, 0) is 42.8 Å². The van der Waals surface area contributed by atoms with E-state index < -0.39 is 0 Å². The summed E-state index contributed by atoms with van der Waals surface area (Å²) in [6.07, 6.45) is 3.12. The predicted octanol–water partition coefficient (Wildman–Crippen LogP) is 3.30. The molecule has 0 spiro atoms. The molecule has 2 heterocycles. The van der Waals surface area contributed by atoms with Gasteiger partial charge in [-0.3, -0.25) is 4.79 Å². The first kappa shape index (κ1) is 16.5. The van der Waals surface area contributed by atoms with Gasteiger partial charge in [-0.2, -0.15) is 0 Å². The fourth-order valence-corrected chi connectivity index (χ4v) is 3.32. The van der Waals surface area contributed by atoms with E-state index in [2.05, 4.69) is 5.32 Å². The number of aryl methyl sites for hydroxylation is 1. The number of fused-ring (bicyclic) bond motifs is 1. The van der Waals surface area contributed by atoms with Gasteiger partial charge in [0.2, 0.25) is 12.7 Å². The molecule has 0 unspecified atom stereocenters. The standard InChI is InChI=1S/C18H19NO4S/c1-12-3-7-17(24-12)16(21-2)10-19-18(20)8-5-13-4-6-14-15(9-13)23-11-22-14/h3-9,16H,10-11H2,1-2H3,(H,19,20)/b8-5+/t16-/m1/s1. The van der Waals surface area contributed by atoms with E-state index in [1.54, 1.807) is 24.5 Å². The zero-order valence-electron chi connectivity index (χ0n) is 13.6. The van der Waals surface area contributed by atoms with Crippen LogP contribution < -0.4 is 14.8 Å². The Kier molecular flexibility index (Phi) is 5.17. The van der Waals surface area contributed by atoms with Crippen LogP contribution >= 0.6 is 11.3 Å². The number of carbonyl (C=O) groups is 1. The van der Waals surface area contributed by atoms with Crippen molar-refractivity contribution in [1.29, 1.82) is 0 Å². The molecule has 6 heteroatoms. The second-order valence-corrected chi connectivity index (χ2v) is 6.68. The Bertz CT molecular complexity index is 753. The van der Waals surface area contributed by atoms with Gasteiger partial charge in [0.05, 0.1) is 0 Å². The van der Waals surface area contributed by atoms with E-state index in [0.29, 0.717) is 12.3 Å². The van der Waals surface area contributed by atoms with E-state index >= 15 is 0 Å². The van der Waals surface area contributed by atoms with Gasteiger partial charge >= 0.3 is 0 Å². The van der Waals surface area contributed by atoms with Crippen molar-refractivity contribution in [3.05, 3.63) is 51.7 Å². The molecule has 0 aliphatic carbocycles. The number of thiophene rings is 1. The van der Waals surface area contributed by atoms with Crippen molar-refractivity contribution in [1.82, 2.24) is 5.32 Å². The molecular formula is C18H19NO4S. The Balaban J connectivity index is 1.55. The van der Waals surface area contributed by atoms with Gasteiger partial charge in [0.15, 0.2) is 11.5 Å². The lowest BCUT2D eigenvalue weighted by atomic mass is 10.2. The first-order chi connectivity index (χ1) is 11.7. The van der Waals surface area contributed by atoms with Crippen LogP contribution in [0.3, 0.4) is 0 Å². The minimum Gasteiger partial charge on any atom is -0.454 e. The van der Waals surface area contributed by atoms with Crippen molar-refractivity contribution < 1.29 is 19.0 Å². The van der Waals surface area contributed by atoms with Crippen molar-refractivity contribution in [3.63, 3.8) is 0 Å². The molecule has 0 saturated carbocycles. The summed E-state index contributed by atoms with van der Waals surface area (Å²) < 4.78 is 16.0. The Morgan fingerprint density at radius 3 is 2.92 bits per heavy atom. The molecule has 1 aromatic heterocycles. The van der Waals surface area contributed by atoms with Crippen LogP contribution in [0.15, 0.2) is 36.4 Å². The molecule has 1 aliphatic rings. The van der Waals surface area contributed by atoms with Gasteiger partial charge in [0.1, 0.15) is 6.10 Å². The molecule has 126 valence electrons. The summed E-state index contributed by atoms with van der Waals surface area (Å²) in [5.41, 5.74) is 0.881. The maximum Gasteiger partial charge on any atom is 0.244 e. The SMILES string of the molecule is CO[C@H](CNC(=O)/C=C/c1ccc2c(c1)OCO2)c1ccc(C)s1. The predicted molar refractivity (Wildman–Crippen MR) is 93.4 cm³/mol. The zero-order valence-corrected chi connectivity index (χ0v) is 14.4. The summed E-state index contributed by atoms with van der Waals surface area (Å²) in [5.74, 6) is 1.26. The highest BCUT2D eigenvalue weighted by Gasteiger charge is 2.14. The summed E-state index contributed by atoms with van der Waals surface area (Å²) in [6, 6.07) is 9.64. The van der Waals surface area contributed by atoms with Crippen LogP contribution in [-0.4, -0.2) is 26.4 Å². The van der Waals surface area contributed by atoms with E-state index in [0.717, 1.165) is 16.2 Å². The first-order valence-corrected chi connectivity index (χ1v) is 8.42. The minimum atomic E-state index is -0.164. The molecule has 1 N–H and O–H groups in total. The molecule has 0 radical (unpaired) electrons. The van der Waals surface area contributed by atoms with Crippen molar-refractivity contribution >= 4 is 23.3 Å². The molecular weight excluding hydrogens is 326 g/mol. The van der Waals surface area contributed by atoms with Crippen LogP contribution in [0, 0.1) is 6.92 Å².